The highest BCUT2D eigenvalue weighted by atomic mass is 32.1. The molecule has 0 amide bonds. The molecule has 3 heteroatoms. The first-order chi connectivity index (χ1) is 5.15. The first kappa shape index (κ1) is 8.27. The van der Waals surface area contributed by atoms with Crippen LogP contribution in [0.4, 0.5) is 5.69 Å². The lowest BCUT2D eigenvalue weighted by molar-refractivity contribution is 1.00. The summed E-state index contributed by atoms with van der Waals surface area (Å²) in [6, 6.07) is 1.91. The van der Waals surface area contributed by atoms with E-state index in [2.05, 4.69) is 11.9 Å². The summed E-state index contributed by atoms with van der Waals surface area (Å²) in [7, 11) is 0. The Morgan fingerprint density at radius 2 is 2.27 bits per heavy atom. The monoisotopic (exact) mass is 168 g/mol. The van der Waals surface area contributed by atoms with Gasteiger partial charge in [0.25, 0.3) is 0 Å². The summed E-state index contributed by atoms with van der Waals surface area (Å²) >= 11 is 4.99. The first-order valence-electron chi connectivity index (χ1n) is 3.63. The van der Waals surface area contributed by atoms with Gasteiger partial charge in [-0.1, -0.05) is 19.1 Å². The predicted molar refractivity (Wildman–Crippen MR) is 50.2 cm³/mol. The number of pyridine rings is 1. The van der Waals surface area contributed by atoms with E-state index in [0.717, 1.165) is 6.42 Å². The first-order valence-corrected chi connectivity index (χ1v) is 4.04. The van der Waals surface area contributed by atoms with Crippen LogP contribution in [0.25, 0.3) is 0 Å². The molecule has 0 aliphatic carbocycles. The van der Waals surface area contributed by atoms with Crippen molar-refractivity contribution in [1.82, 2.24) is 4.98 Å². The highest BCUT2D eigenvalue weighted by Gasteiger charge is 1.97. The fourth-order valence-corrected chi connectivity index (χ4v) is 1.24. The topological polar surface area (TPSA) is 41.8 Å². The molecule has 0 unspecified atom stereocenters. The molecule has 1 rings (SSSR count). The van der Waals surface area contributed by atoms with Crippen LogP contribution in [-0.4, -0.2) is 4.98 Å². The standard InChI is InChI=1S/C8H12N2S/c1-3-7-5(2)4-6(9)8(11)10-7/h4H,3,9H2,1-2H3,(H,10,11). The summed E-state index contributed by atoms with van der Waals surface area (Å²) in [5.74, 6) is 0. The summed E-state index contributed by atoms with van der Waals surface area (Å²) in [4.78, 5) is 3.08. The van der Waals surface area contributed by atoms with Crippen molar-refractivity contribution in [3.8, 4) is 0 Å². The van der Waals surface area contributed by atoms with Gasteiger partial charge in [-0.25, -0.2) is 0 Å². The van der Waals surface area contributed by atoms with Crippen LogP contribution in [0.1, 0.15) is 18.2 Å². The minimum Gasteiger partial charge on any atom is -0.396 e. The van der Waals surface area contributed by atoms with Crippen LogP contribution >= 0.6 is 12.2 Å². The number of nitrogen functional groups attached to an aromatic ring is 1. The molecule has 0 atom stereocenters. The zero-order valence-electron chi connectivity index (χ0n) is 6.77. The van der Waals surface area contributed by atoms with Crippen molar-refractivity contribution >= 4 is 17.9 Å². The van der Waals surface area contributed by atoms with E-state index in [1.165, 1.54) is 11.3 Å². The molecule has 0 aliphatic heterocycles. The van der Waals surface area contributed by atoms with E-state index < -0.39 is 0 Å². The average molecular weight is 168 g/mol. The van der Waals surface area contributed by atoms with Crippen molar-refractivity contribution in [2.75, 3.05) is 5.73 Å². The summed E-state index contributed by atoms with van der Waals surface area (Å²) in [6.07, 6.45) is 0.968. The third kappa shape index (κ3) is 1.60. The van der Waals surface area contributed by atoms with E-state index in [1.807, 2.05) is 13.0 Å². The van der Waals surface area contributed by atoms with E-state index in [-0.39, 0.29) is 0 Å². The van der Waals surface area contributed by atoms with Gasteiger partial charge in [-0.15, -0.1) is 0 Å². The number of aryl methyl sites for hydroxylation is 2. The molecule has 0 radical (unpaired) electrons. The van der Waals surface area contributed by atoms with Gasteiger partial charge in [0.2, 0.25) is 0 Å². The number of H-pyrrole nitrogens is 1. The molecule has 1 heterocycles. The molecule has 60 valence electrons. The minimum atomic E-state index is 0.646. The SMILES string of the molecule is CCc1[nH]c(=S)c(N)cc1C. The van der Waals surface area contributed by atoms with Gasteiger partial charge in [-0.3, -0.25) is 0 Å². The van der Waals surface area contributed by atoms with Crippen LogP contribution in [0.15, 0.2) is 6.07 Å². The normalized spacial score (nSPS) is 10.0. The number of anilines is 1. The third-order valence-corrected chi connectivity index (χ3v) is 2.07. The number of rotatable bonds is 1. The molecule has 0 aliphatic rings. The Labute approximate surface area is 71.4 Å². The highest BCUT2D eigenvalue weighted by Crippen LogP contribution is 2.11. The molecule has 0 fully saturated rings. The molecule has 2 nitrogen and oxygen atoms in total. The molecule has 0 saturated heterocycles. The maximum Gasteiger partial charge on any atom is 0.126 e. The van der Waals surface area contributed by atoms with Crippen LogP contribution in [0, 0.1) is 11.6 Å². The van der Waals surface area contributed by atoms with Gasteiger partial charge in [0.05, 0.1) is 5.69 Å². The molecule has 3 N–H and O–H groups in total. The molecule has 0 saturated carbocycles. The van der Waals surface area contributed by atoms with Crippen molar-refractivity contribution in [1.29, 1.82) is 0 Å². The number of hydrogen-bond donors (Lipinski definition) is 2. The molecular formula is C8H12N2S. The summed E-state index contributed by atoms with van der Waals surface area (Å²) in [5, 5.41) is 0. The predicted octanol–water partition coefficient (Wildman–Crippen LogP) is 2.20. The lowest BCUT2D eigenvalue weighted by Crippen LogP contribution is -1.96. The van der Waals surface area contributed by atoms with Crippen LogP contribution in [0.3, 0.4) is 0 Å². The van der Waals surface area contributed by atoms with E-state index in [4.69, 9.17) is 18.0 Å². The van der Waals surface area contributed by atoms with Gasteiger partial charge in [-0.2, -0.15) is 0 Å². The number of aromatic amines is 1. The second kappa shape index (κ2) is 3.05. The van der Waals surface area contributed by atoms with Crippen molar-refractivity contribution in [2.45, 2.75) is 20.3 Å². The smallest absolute Gasteiger partial charge is 0.126 e. The zero-order valence-corrected chi connectivity index (χ0v) is 7.59. The summed E-state index contributed by atoms with van der Waals surface area (Å²) < 4.78 is 0.646. The molecule has 0 bridgehead atoms. The third-order valence-electron chi connectivity index (χ3n) is 1.73. The van der Waals surface area contributed by atoms with E-state index >= 15 is 0 Å². The summed E-state index contributed by atoms with van der Waals surface area (Å²) in [6.45, 7) is 4.12. The lowest BCUT2D eigenvalue weighted by atomic mass is 10.2. The molecule has 11 heavy (non-hydrogen) atoms. The number of aromatic nitrogens is 1. The number of nitrogens with two attached hydrogens (primary N) is 1. The molecule has 1 aromatic rings. The number of hydrogen-bond acceptors (Lipinski definition) is 2. The largest absolute Gasteiger partial charge is 0.396 e. The maximum atomic E-state index is 5.61. The lowest BCUT2D eigenvalue weighted by Gasteiger charge is -2.03. The fourth-order valence-electron chi connectivity index (χ4n) is 1.06. The van der Waals surface area contributed by atoms with Crippen molar-refractivity contribution in [3.63, 3.8) is 0 Å². The van der Waals surface area contributed by atoms with Crippen molar-refractivity contribution < 1.29 is 0 Å². The second-order valence-corrected chi connectivity index (χ2v) is 2.98. The molecule has 0 aromatic carbocycles. The van der Waals surface area contributed by atoms with E-state index in [0.29, 0.717) is 10.3 Å². The zero-order chi connectivity index (χ0) is 8.43. The molecular weight excluding hydrogens is 156 g/mol. The van der Waals surface area contributed by atoms with E-state index in [9.17, 15) is 0 Å². The minimum absolute atomic E-state index is 0.646. The Morgan fingerprint density at radius 1 is 1.64 bits per heavy atom. The van der Waals surface area contributed by atoms with Crippen LogP contribution < -0.4 is 5.73 Å². The van der Waals surface area contributed by atoms with Gasteiger partial charge >= 0.3 is 0 Å². The highest BCUT2D eigenvalue weighted by molar-refractivity contribution is 7.71. The van der Waals surface area contributed by atoms with Crippen LogP contribution in [0.5, 0.6) is 0 Å². The summed E-state index contributed by atoms with van der Waals surface area (Å²) in [5.41, 5.74) is 8.62. The Morgan fingerprint density at radius 3 is 2.82 bits per heavy atom. The maximum absolute atomic E-state index is 5.61. The van der Waals surface area contributed by atoms with Gasteiger partial charge in [0.1, 0.15) is 4.64 Å². The van der Waals surface area contributed by atoms with Gasteiger partial charge < -0.3 is 10.7 Å². The Balaban J connectivity index is 3.32. The Kier molecular flexibility index (Phi) is 2.29. The van der Waals surface area contributed by atoms with Gasteiger partial charge in [-0.05, 0) is 25.0 Å². The quantitative estimate of drug-likeness (QED) is 0.631. The number of nitrogens with one attached hydrogen (secondary N) is 1. The molecule has 1 aromatic heterocycles. The molecule has 0 spiro atoms. The average Bonchev–Trinajstić information content (AvgIpc) is 1.97. The second-order valence-electron chi connectivity index (χ2n) is 2.57. The Bertz CT molecular complexity index is 314. The van der Waals surface area contributed by atoms with Gasteiger partial charge in [0.15, 0.2) is 0 Å². The van der Waals surface area contributed by atoms with Gasteiger partial charge in [0, 0.05) is 5.69 Å². The fraction of sp³-hybridized carbons (Fsp3) is 0.375. The van der Waals surface area contributed by atoms with Crippen molar-refractivity contribution in [3.05, 3.63) is 22.0 Å². The van der Waals surface area contributed by atoms with Crippen LogP contribution in [-0.2, 0) is 6.42 Å². The van der Waals surface area contributed by atoms with Crippen molar-refractivity contribution in [2.24, 2.45) is 0 Å². The Hall–Kier alpha value is -0.830. The van der Waals surface area contributed by atoms with E-state index in [1.54, 1.807) is 0 Å². The van der Waals surface area contributed by atoms with Crippen LogP contribution in [0.2, 0.25) is 0 Å².